The number of nitrogens with one attached hydrogen (secondary N) is 1. The molecule has 0 bridgehead atoms. The molecular weight excluding hydrogens is 216 g/mol. The van der Waals surface area contributed by atoms with Crippen molar-refractivity contribution in [1.29, 1.82) is 0 Å². The quantitative estimate of drug-likeness (QED) is 0.627. The minimum atomic E-state index is -0.468. The molecule has 0 aliphatic heterocycles. The van der Waals surface area contributed by atoms with E-state index < -0.39 is 17.7 Å². The van der Waals surface area contributed by atoms with Crippen molar-refractivity contribution in [2.45, 2.75) is 26.2 Å². The molecule has 2 atom stereocenters. The van der Waals surface area contributed by atoms with Gasteiger partial charge in [0.2, 0.25) is 11.8 Å². The van der Waals surface area contributed by atoms with Crippen LogP contribution in [-0.2, 0) is 9.59 Å². The molecule has 0 heterocycles. The van der Waals surface area contributed by atoms with Crippen LogP contribution in [-0.4, -0.2) is 18.9 Å². The maximum absolute atomic E-state index is 11.8. The Labute approximate surface area is 103 Å². The lowest BCUT2D eigenvalue weighted by molar-refractivity contribution is -0.133. The normalized spacial score (nSPS) is 13.5. The molecular formula is C13H22N2O2. The highest BCUT2D eigenvalue weighted by atomic mass is 16.2. The third kappa shape index (κ3) is 5.33. The van der Waals surface area contributed by atoms with Gasteiger partial charge in [0.05, 0.1) is 5.92 Å². The second kappa shape index (κ2) is 7.65. The van der Waals surface area contributed by atoms with E-state index in [-0.39, 0.29) is 5.91 Å². The average molecular weight is 238 g/mol. The van der Waals surface area contributed by atoms with Gasteiger partial charge >= 0.3 is 0 Å². The molecule has 0 aliphatic rings. The van der Waals surface area contributed by atoms with Crippen LogP contribution in [0.4, 0.5) is 0 Å². The maximum atomic E-state index is 11.8. The van der Waals surface area contributed by atoms with Gasteiger partial charge < -0.3 is 11.1 Å². The Balaban J connectivity index is 4.91. The fourth-order valence-corrected chi connectivity index (χ4v) is 1.82. The van der Waals surface area contributed by atoms with Gasteiger partial charge in [-0.2, -0.15) is 0 Å². The Hall–Kier alpha value is -1.58. The smallest absolute Gasteiger partial charge is 0.223 e. The summed E-state index contributed by atoms with van der Waals surface area (Å²) in [6, 6.07) is 0. The highest BCUT2D eigenvalue weighted by molar-refractivity contribution is 5.86. The first-order valence-electron chi connectivity index (χ1n) is 5.70. The number of carbonyl (C=O) groups is 2. The third-order valence-electron chi connectivity index (χ3n) is 2.68. The molecule has 0 spiro atoms. The summed E-state index contributed by atoms with van der Waals surface area (Å²) in [5, 5.41) is 2.57. The number of hydrogen-bond donors (Lipinski definition) is 2. The summed E-state index contributed by atoms with van der Waals surface area (Å²) in [4.78, 5) is 23.2. The summed E-state index contributed by atoms with van der Waals surface area (Å²) >= 11 is 0. The number of rotatable bonds is 8. The van der Waals surface area contributed by atoms with Crippen molar-refractivity contribution in [2.75, 3.05) is 7.05 Å². The monoisotopic (exact) mass is 238 g/mol. The van der Waals surface area contributed by atoms with Crippen LogP contribution < -0.4 is 11.1 Å². The largest absolute Gasteiger partial charge is 0.369 e. The summed E-state index contributed by atoms with van der Waals surface area (Å²) in [6.45, 7) is 9.22. The number of allylic oxidation sites excluding steroid dienone is 2. The molecule has 96 valence electrons. The SMILES string of the molecule is C=CCC[C@H](C(N)=O)C(CC(=C)C)C(=O)NC. The summed E-state index contributed by atoms with van der Waals surface area (Å²) in [7, 11) is 1.55. The molecule has 0 saturated carbocycles. The van der Waals surface area contributed by atoms with Crippen molar-refractivity contribution >= 4 is 11.8 Å². The molecule has 4 heteroatoms. The lowest BCUT2D eigenvalue weighted by atomic mass is 9.83. The van der Waals surface area contributed by atoms with Crippen LogP contribution in [0.15, 0.2) is 24.8 Å². The number of primary amides is 1. The predicted molar refractivity (Wildman–Crippen MR) is 69.1 cm³/mol. The first-order chi connectivity index (χ1) is 7.93. The second-order valence-corrected chi connectivity index (χ2v) is 4.26. The number of carbonyl (C=O) groups excluding carboxylic acids is 2. The zero-order chi connectivity index (χ0) is 13.4. The molecule has 0 rings (SSSR count). The molecule has 0 fully saturated rings. The van der Waals surface area contributed by atoms with E-state index in [1.807, 2.05) is 6.92 Å². The van der Waals surface area contributed by atoms with Gasteiger partial charge in [-0.05, 0) is 26.2 Å². The Bertz CT molecular complexity index is 311. The van der Waals surface area contributed by atoms with Crippen LogP contribution in [0, 0.1) is 11.8 Å². The summed E-state index contributed by atoms with van der Waals surface area (Å²) < 4.78 is 0. The van der Waals surface area contributed by atoms with Crippen molar-refractivity contribution in [1.82, 2.24) is 5.32 Å². The Morgan fingerprint density at radius 1 is 1.41 bits per heavy atom. The van der Waals surface area contributed by atoms with Gasteiger partial charge in [-0.15, -0.1) is 13.2 Å². The van der Waals surface area contributed by atoms with Crippen molar-refractivity contribution < 1.29 is 9.59 Å². The van der Waals surface area contributed by atoms with Gasteiger partial charge in [-0.3, -0.25) is 9.59 Å². The van der Waals surface area contributed by atoms with Gasteiger partial charge in [-0.1, -0.05) is 11.6 Å². The average Bonchev–Trinajstić information content (AvgIpc) is 2.26. The van der Waals surface area contributed by atoms with Gasteiger partial charge in [0.1, 0.15) is 0 Å². The van der Waals surface area contributed by atoms with E-state index >= 15 is 0 Å². The van der Waals surface area contributed by atoms with Crippen LogP contribution in [0.2, 0.25) is 0 Å². The minimum Gasteiger partial charge on any atom is -0.369 e. The summed E-state index contributed by atoms with van der Waals surface area (Å²) in [5.74, 6) is -1.51. The van der Waals surface area contributed by atoms with Crippen molar-refractivity contribution in [2.24, 2.45) is 17.6 Å². The van der Waals surface area contributed by atoms with Crippen molar-refractivity contribution in [3.8, 4) is 0 Å². The van der Waals surface area contributed by atoms with E-state index in [0.717, 1.165) is 5.57 Å². The van der Waals surface area contributed by atoms with Crippen LogP contribution >= 0.6 is 0 Å². The topological polar surface area (TPSA) is 72.2 Å². The summed E-state index contributed by atoms with van der Waals surface area (Å²) in [5.41, 5.74) is 6.23. The zero-order valence-electron chi connectivity index (χ0n) is 10.7. The molecule has 17 heavy (non-hydrogen) atoms. The zero-order valence-corrected chi connectivity index (χ0v) is 10.7. The van der Waals surface area contributed by atoms with E-state index in [1.165, 1.54) is 0 Å². The van der Waals surface area contributed by atoms with E-state index in [4.69, 9.17) is 5.73 Å². The van der Waals surface area contributed by atoms with Gasteiger partial charge in [0.15, 0.2) is 0 Å². The van der Waals surface area contributed by atoms with Crippen LogP contribution in [0.5, 0.6) is 0 Å². The number of amides is 2. The van der Waals surface area contributed by atoms with Crippen molar-refractivity contribution in [3.63, 3.8) is 0 Å². The standard InChI is InChI=1S/C13H22N2O2/c1-5-6-7-10(12(14)16)11(8-9(2)3)13(17)15-4/h5,10-11H,1-2,6-8H2,3-4H3,(H2,14,16)(H,15,17)/t10-,11?/m0/s1. The van der Waals surface area contributed by atoms with E-state index in [0.29, 0.717) is 19.3 Å². The Morgan fingerprint density at radius 2 is 2.00 bits per heavy atom. The van der Waals surface area contributed by atoms with Crippen molar-refractivity contribution in [3.05, 3.63) is 24.8 Å². The van der Waals surface area contributed by atoms with Crippen LogP contribution in [0.25, 0.3) is 0 Å². The molecule has 3 N–H and O–H groups in total. The highest BCUT2D eigenvalue weighted by Crippen LogP contribution is 2.24. The van der Waals surface area contributed by atoms with Crippen LogP contribution in [0.1, 0.15) is 26.2 Å². The lowest BCUT2D eigenvalue weighted by Gasteiger charge is -2.23. The Kier molecular flexibility index (Phi) is 6.94. The molecule has 1 unspecified atom stereocenters. The van der Waals surface area contributed by atoms with E-state index in [9.17, 15) is 9.59 Å². The molecule has 2 amide bonds. The number of hydrogen-bond acceptors (Lipinski definition) is 2. The maximum Gasteiger partial charge on any atom is 0.223 e. The van der Waals surface area contributed by atoms with Crippen LogP contribution in [0.3, 0.4) is 0 Å². The molecule has 0 aliphatic carbocycles. The fourth-order valence-electron chi connectivity index (χ4n) is 1.82. The highest BCUT2D eigenvalue weighted by Gasteiger charge is 2.31. The van der Waals surface area contributed by atoms with E-state index in [2.05, 4.69) is 18.5 Å². The molecule has 0 aromatic carbocycles. The fraction of sp³-hybridized carbons (Fsp3) is 0.538. The first kappa shape index (κ1) is 15.4. The van der Waals surface area contributed by atoms with E-state index in [1.54, 1.807) is 13.1 Å². The molecule has 0 aromatic rings. The molecule has 4 nitrogen and oxygen atoms in total. The first-order valence-corrected chi connectivity index (χ1v) is 5.70. The molecule has 0 aromatic heterocycles. The second-order valence-electron chi connectivity index (χ2n) is 4.26. The third-order valence-corrected chi connectivity index (χ3v) is 2.68. The number of nitrogens with two attached hydrogens (primary N) is 1. The van der Waals surface area contributed by atoms with Gasteiger partial charge in [0, 0.05) is 13.0 Å². The van der Waals surface area contributed by atoms with Gasteiger partial charge in [-0.25, -0.2) is 0 Å². The molecule has 0 saturated heterocycles. The van der Waals surface area contributed by atoms with Gasteiger partial charge in [0.25, 0.3) is 0 Å². The lowest BCUT2D eigenvalue weighted by Crippen LogP contribution is -2.39. The molecule has 0 radical (unpaired) electrons. The predicted octanol–water partition coefficient (Wildman–Crippen LogP) is 1.38. The summed E-state index contributed by atoms with van der Waals surface area (Å²) in [6.07, 6.45) is 3.41. The Morgan fingerprint density at radius 3 is 2.35 bits per heavy atom. The minimum absolute atomic E-state index is 0.166.